The lowest BCUT2D eigenvalue weighted by molar-refractivity contribution is 0.232. The maximum atomic E-state index is 5.54. The fourth-order valence-electron chi connectivity index (χ4n) is 1.65. The molecule has 1 aromatic heterocycles. The first-order valence-corrected chi connectivity index (χ1v) is 6.28. The van der Waals surface area contributed by atoms with Gasteiger partial charge in [-0.25, -0.2) is 9.97 Å². The summed E-state index contributed by atoms with van der Waals surface area (Å²) in [7, 11) is 0. The van der Waals surface area contributed by atoms with Gasteiger partial charge in [0.15, 0.2) is 0 Å². The Morgan fingerprint density at radius 1 is 1.24 bits per heavy atom. The highest BCUT2D eigenvalue weighted by Crippen LogP contribution is 2.16. The number of rotatable bonds is 6. The van der Waals surface area contributed by atoms with Gasteiger partial charge in [0.05, 0.1) is 6.10 Å². The van der Waals surface area contributed by atoms with E-state index in [4.69, 9.17) is 4.74 Å². The summed E-state index contributed by atoms with van der Waals surface area (Å²) in [6.45, 7) is 10.5. The zero-order valence-electron chi connectivity index (χ0n) is 11.4. The van der Waals surface area contributed by atoms with Crippen molar-refractivity contribution >= 4 is 5.82 Å². The topological polar surface area (TPSA) is 47.0 Å². The van der Waals surface area contributed by atoms with Crippen LogP contribution in [0.4, 0.5) is 5.82 Å². The third kappa shape index (κ3) is 4.59. The first-order chi connectivity index (χ1) is 8.02. The van der Waals surface area contributed by atoms with Crippen LogP contribution in [0, 0.1) is 5.92 Å². The zero-order valence-corrected chi connectivity index (χ0v) is 11.4. The first kappa shape index (κ1) is 13.7. The Balaban J connectivity index is 2.70. The van der Waals surface area contributed by atoms with Crippen LogP contribution in [-0.4, -0.2) is 22.1 Å². The van der Waals surface area contributed by atoms with E-state index in [0.717, 1.165) is 12.2 Å². The molecule has 0 spiro atoms. The highest BCUT2D eigenvalue weighted by Gasteiger charge is 2.11. The van der Waals surface area contributed by atoms with Crippen molar-refractivity contribution in [3.63, 3.8) is 0 Å². The van der Waals surface area contributed by atoms with Crippen LogP contribution >= 0.6 is 0 Å². The molecule has 1 unspecified atom stereocenters. The average molecular weight is 237 g/mol. The van der Waals surface area contributed by atoms with E-state index in [1.807, 2.05) is 19.9 Å². The van der Waals surface area contributed by atoms with Gasteiger partial charge < -0.3 is 10.1 Å². The van der Waals surface area contributed by atoms with Gasteiger partial charge in [0.2, 0.25) is 5.88 Å². The summed E-state index contributed by atoms with van der Waals surface area (Å²) >= 11 is 0. The number of nitrogens with zero attached hydrogens (tertiary/aromatic N) is 2. The highest BCUT2D eigenvalue weighted by molar-refractivity contribution is 5.38. The van der Waals surface area contributed by atoms with Crippen LogP contribution < -0.4 is 10.1 Å². The number of ether oxygens (including phenoxy) is 1. The molecule has 0 amide bonds. The van der Waals surface area contributed by atoms with Crippen LogP contribution in [0.2, 0.25) is 0 Å². The van der Waals surface area contributed by atoms with Gasteiger partial charge in [-0.3, -0.25) is 0 Å². The van der Waals surface area contributed by atoms with Crippen LogP contribution in [0.1, 0.15) is 41.0 Å². The standard InChI is InChI=1S/C13H23N3O/c1-6-11(9(2)3)16-12-7-13(15-8-14-12)17-10(4)5/h7-11H,6H2,1-5H3,(H,14,15,16). The Hall–Kier alpha value is -1.32. The molecule has 1 rings (SSSR count). The van der Waals surface area contributed by atoms with Gasteiger partial charge in [-0.05, 0) is 26.2 Å². The fraction of sp³-hybridized carbons (Fsp3) is 0.692. The van der Waals surface area contributed by atoms with E-state index in [0.29, 0.717) is 17.8 Å². The van der Waals surface area contributed by atoms with Crippen molar-refractivity contribution in [2.75, 3.05) is 5.32 Å². The fourth-order valence-corrected chi connectivity index (χ4v) is 1.65. The molecule has 0 fully saturated rings. The lowest BCUT2D eigenvalue weighted by Crippen LogP contribution is -2.25. The van der Waals surface area contributed by atoms with Crippen LogP contribution in [0.3, 0.4) is 0 Å². The van der Waals surface area contributed by atoms with Crippen LogP contribution in [0.25, 0.3) is 0 Å². The Bertz CT molecular complexity index is 339. The Morgan fingerprint density at radius 3 is 2.47 bits per heavy atom. The van der Waals surface area contributed by atoms with Crippen molar-refractivity contribution in [1.82, 2.24) is 9.97 Å². The minimum Gasteiger partial charge on any atom is -0.475 e. The van der Waals surface area contributed by atoms with Crippen LogP contribution in [0.15, 0.2) is 12.4 Å². The Kier molecular flexibility index (Phi) is 5.19. The van der Waals surface area contributed by atoms with Crippen molar-refractivity contribution in [2.24, 2.45) is 5.92 Å². The van der Waals surface area contributed by atoms with Crippen LogP contribution in [0.5, 0.6) is 5.88 Å². The largest absolute Gasteiger partial charge is 0.475 e. The second-order valence-electron chi connectivity index (χ2n) is 4.81. The summed E-state index contributed by atoms with van der Waals surface area (Å²) < 4.78 is 5.54. The molecule has 1 N–H and O–H groups in total. The Labute approximate surface area is 104 Å². The van der Waals surface area contributed by atoms with E-state index in [2.05, 4.69) is 36.1 Å². The average Bonchev–Trinajstić information content (AvgIpc) is 2.25. The quantitative estimate of drug-likeness (QED) is 0.825. The van der Waals surface area contributed by atoms with Gasteiger partial charge in [-0.1, -0.05) is 20.8 Å². The minimum atomic E-state index is 0.129. The minimum absolute atomic E-state index is 0.129. The SMILES string of the molecule is CCC(Nc1cc(OC(C)C)ncn1)C(C)C. The van der Waals surface area contributed by atoms with E-state index < -0.39 is 0 Å². The first-order valence-electron chi connectivity index (χ1n) is 6.28. The lowest BCUT2D eigenvalue weighted by Gasteiger charge is -2.21. The van der Waals surface area contributed by atoms with Gasteiger partial charge in [0.25, 0.3) is 0 Å². The van der Waals surface area contributed by atoms with E-state index in [9.17, 15) is 0 Å². The van der Waals surface area contributed by atoms with E-state index in [-0.39, 0.29) is 6.10 Å². The van der Waals surface area contributed by atoms with Gasteiger partial charge in [0, 0.05) is 12.1 Å². The smallest absolute Gasteiger partial charge is 0.218 e. The molecule has 0 radical (unpaired) electrons. The van der Waals surface area contributed by atoms with Crippen LogP contribution in [-0.2, 0) is 0 Å². The second-order valence-corrected chi connectivity index (χ2v) is 4.81. The normalized spacial score (nSPS) is 12.9. The highest BCUT2D eigenvalue weighted by atomic mass is 16.5. The molecule has 0 aliphatic heterocycles. The van der Waals surface area contributed by atoms with Gasteiger partial charge in [-0.2, -0.15) is 0 Å². The molecule has 0 saturated carbocycles. The van der Waals surface area contributed by atoms with Crippen molar-refractivity contribution in [2.45, 2.75) is 53.2 Å². The van der Waals surface area contributed by atoms with E-state index in [1.165, 1.54) is 6.33 Å². The molecule has 4 heteroatoms. The maximum Gasteiger partial charge on any atom is 0.218 e. The molecule has 4 nitrogen and oxygen atoms in total. The summed E-state index contributed by atoms with van der Waals surface area (Å²) in [4.78, 5) is 8.30. The van der Waals surface area contributed by atoms with Gasteiger partial charge >= 0.3 is 0 Å². The van der Waals surface area contributed by atoms with E-state index >= 15 is 0 Å². The molecule has 0 aliphatic carbocycles. The molecule has 17 heavy (non-hydrogen) atoms. The third-order valence-electron chi connectivity index (χ3n) is 2.58. The number of hydrogen-bond donors (Lipinski definition) is 1. The lowest BCUT2D eigenvalue weighted by atomic mass is 10.0. The van der Waals surface area contributed by atoms with Gasteiger partial charge in [-0.15, -0.1) is 0 Å². The molecule has 0 aromatic carbocycles. The second kappa shape index (κ2) is 6.42. The molecular weight excluding hydrogens is 214 g/mol. The number of nitrogens with one attached hydrogen (secondary N) is 1. The Morgan fingerprint density at radius 2 is 1.94 bits per heavy atom. The number of anilines is 1. The summed E-state index contributed by atoms with van der Waals surface area (Å²) in [5, 5.41) is 3.41. The summed E-state index contributed by atoms with van der Waals surface area (Å²) in [5.74, 6) is 2.02. The molecule has 1 heterocycles. The predicted octanol–water partition coefficient (Wildman–Crippen LogP) is 3.11. The molecular formula is C13H23N3O. The summed E-state index contributed by atoms with van der Waals surface area (Å²) in [6.07, 6.45) is 2.74. The monoisotopic (exact) mass is 237 g/mol. The van der Waals surface area contributed by atoms with Crippen molar-refractivity contribution in [1.29, 1.82) is 0 Å². The summed E-state index contributed by atoms with van der Waals surface area (Å²) in [6, 6.07) is 2.28. The summed E-state index contributed by atoms with van der Waals surface area (Å²) in [5.41, 5.74) is 0. The third-order valence-corrected chi connectivity index (χ3v) is 2.58. The van der Waals surface area contributed by atoms with Gasteiger partial charge in [0.1, 0.15) is 12.1 Å². The molecule has 1 aromatic rings. The molecule has 0 saturated heterocycles. The predicted molar refractivity (Wildman–Crippen MR) is 70.3 cm³/mol. The van der Waals surface area contributed by atoms with Crippen molar-refractivity contribution < 1.29 is 4.74 Å². The van der Waals surface area contributed by atoms with Crippen molar-refractivity contribution in [3.8, 4) is 5.88 Å². The molecule has 96 valence electrons. The molecule has 1 atom stereocenters. The molecule has 0 aliphatic rings. The maximum absolute atomic E-state index is 5.54. The molecule has 0 bridgehead atoms. The zero-order chi connectivity index (χ0) is 12.8. The van der Waals surface area contributed by atoms with Crippen molar-refractivity contribution in [3.05, 3.63) is 12.4 Å². The number of aromatic nitrogens is 2. The number of hydrogen-bond acceptors (Lipinski definition) is 4. The van der Waals surface area contributed by atoms with E-state index in [1.54, 1.807) is 0 Å².